The van der Waals surface area contributed by atoms with Gasteiger partial charge in [0.05, 0.1) is 10.2 Å². The molecule has 0 atom stereocenters. The van der Waals surface area contributed by atoms with E-state index in [0.717, 1.165) is 15.8 Å². The third kappa shape index (κ3) is 3.18. The number of amides is 1. The zero-order valence-electron chi connectivity index (χ0n) is 11.9. The highest BCUT2D eigenvalue weighted by atomic mass is 35.5. The standard InChI is InChI=1S/C17H13ClN2OS/c1-20-14-7-2-3-8-15(14)22-17(20)19-16(21)10-9-12-5-4-6-13(18)11-12/h2-11H,1H3/b10-9+,19-17?. The minimum Gasteiger partial charge on any atom is -0.319 e. The van der Waals surface area contributed by atoms with E-state index in [9.17, 15) is 4.79 Å². The van der Waals surface area contributed by atoms with Gasteiger partial charge in [0.2, 0.25) is 0 Å². The van der Waals surface area contributed by atoms with Crippen molar-refractivity contribution in [3.63, 3.8) is 0 Å². The number of rotatable bonds is 2. The van der Waals surface area contributed by atoms with Crippen LogP contribution in [0.25, 0.3) is 16.3 Å². The van der Waals surface area contributed by atoms with Gasteiger partial charge in [-0.3, -0.25) is 4.79 Å². The van der Waals surface area contributed by atoms with Gasteiger partial charge in [0.1, 0.15) is 0 Å². The molecule has 0 aliphatic carbocycles. The monoisotopic (exact) mass is 328 g/mol. The van der Waals surface area contributed by atoms with Crippen LogP contribution in [0.4, 0.5) is 0 Å². The average molecular weight is 329 g/mol. The summed E-state index contributed by atoms with van der Waals surface area (Å²) < 4.78 is 3.03. The summed E-state index contributed by atoms with van der Waals surface area (Å²) >= 11 is 7.41. The van der Waals surface area contributed by atoms with Gasteiger partial charge in [-0.2, -0.15) is 4.99 Å². The van der Waals surface area contributed by atoms with E-state index >= 15 is 0 Å². The molecule has 0 saturated heterocycles. The molecule has 110 valence electrons. The molecule has 3 aromatic rings. The average Bonchev–Trinajstić information content (AvgIpc) is 2.82. The van der Waals surface area contributed by atoms with Crippen molar-refractivity contribution in [2.45, 2.75) is 0 Å². The zero-order chi connectivity index (χ0) is 15.5. The second-order valence-corrected chi connectivity index (χ2v) is 6.20. The summed E-state index contributed by atoms with van der Waals surface area (Å²) in [7, 11) is 1.91. The van der Waals surface area contributed by atoms with E-state index in [1.807, 2.05) is 48.0 Å². The number of carbonyl (C=O) groups is 1. The Labute approximate surface area is 136 Å². The first kappa shape index (κ1) is 14.8. The lowest BCUT2D eigenvalue weighted by atomic mass is 10.2. The maximum atomic E-state index is 12.0. The fourth-order valence-electron chi connectivity index (χ4n) is 2.10. The Morgan fingerprint density at radius 2 is 2.05 bits per heavy atom. The molecule has 0 saturated carbocycles. The highest BCUT2D eigenvalue weighted by Crippen LogP contribution is 2.15. The van der Waals surface area contributed by atoms with Crippen LogP contribution in [0.2, 0.25) is 5.02 Å². The van der Waals surface area contributed by atoms with E-state index in [1.54, 1.807) is 18.2 Å². The number of aryl methyl sites for hydroxylation is 1. The summed E-state index contributed by atoms with van der Waals surface area (Å²) in [4.78, 5) is 16.8. The van der Waals surface area contributed by atoms with Crippen LogP contribution >= 0.6 is 22.9 Å². The maximum absolute atomic E-state index is 12.0. The predicted octanol–water partition coefficient (Wildman–Crippen LogP) is 4.03. The summed E-state index contributed by atoms with van der Waals surface area (Å²) in [5, 5.41) is 0.641. The van der Waals surface area contributed by atoms with Gasteiger partial charge in [-0.15, -0.1) is 0 Å². The number of hydrogen-bond donors (Lipinski definition) is 0. The molecule has 22 heavy (non-hydrogen) atoms. The summed E-state index contributed by atoms with van der Waals surface area (Å²) in [5.41, 5.74) is 1.94. The second-order valence-electron chi connectivity index (χ2n) is 4.75. The number of aromatic nitrogens is 1. The molecule has 3 nitrogen and oxygen atoms in total. The quantitative estimate of drug-likeness (QED) is 0.654. The molecule has 3 rings (SSSR count). The fraction of sp³-hybridized carbons (Fsp3) is 0.0588. The van der Waals surface area contributed by atoms with E-state index in [1.165, 1.54) is 17.4 Å². The topological polar surface area (TPSA) is 34.4 Å². The molecule has 0 bridgehead atoms. The Bertz CT molecular complexity index is 937. The third-order valence-electron chi connectivity index (χ3n) is 3.19. The summed E-state index contributed by atoms with van der Waals surface area (Å²) in [6.45, 7) is 0. The highest BCUT2D eigenvalue weighted by Gasteiger charge is 2.02. The molecule has 0 fully saturated rings. The Morgan fingerprint density at radius 1 is 1.23 bits per heavy atom. The Hall–Kier alpha value is -2.17. The molecule has 1 aromatic heterocycles. The van der Waals surface area contributed by atoms with E-state index < -0.39 is 0 Å². The molecule has 1 heterocycles. The normalized spacial score (nSPS) is 12.4. The number of hydrogen-bond acceptors (Lipinski definition) is 2. The minimum absolute atomic E-state index is 0.290. The Balaban J connectivity index is 1.90. The lowest BCUT2D eigenvalue weighted by Gasteiger charge is -1.94. The SMILES string of the molecule is Cn1c(=NC(=O)/C=C/c2cccc(Cl)c2)sc2ccccc21. The van der Waals surface area contributed by atoms with Gasteiger partial charge in [0, 0.05) is 18.1 Å². The van der Waals surface area contributed by atoms with E-state index in [0.29, 0.717) is 9.82 Å². The van der Waals surface area contributed by atoms with Crippen LogP contribution in [0.3, 0.4) is 0 Å². The number of fused-ring (bicyclic) bond motifs is 1. The van der Waals surface area contributed by atoms with Gasteiger partial charge in [0.25, 0.3) is 5.91 Å². The lowest BCUT2D eigenvalue weighted by Crippen LogP contribution is -2.12. The van der Waals surface area contributed by atoms with Crippen molar-refractivity contribution in [2.24, 2.45) is 12.0 Å². The van der Waals surface area contributed by atoms with Gasteiger partial charge in [-0.1, -0.05) is 47.2 Å². The van der Waals surface area contributed by atoms with Crippen LogP contribution in [0.5, 0.6) is 0 Å². The molecule has 0 spiro atoms. The predicted molar refractivity (Wildman–Crippen MR) is 91.9 cm³/mol. The first-order valence-electron chi connectivity index (χ1n) is 6.70. The van der Waals surface area contributed by atoms with Gasteiger partial charge < -0.3 is 4.57 Å². The van der Waals surface area contributed by atoms with Crippen LogP contribution in [0.15, 0.2) is 59.6 Å². The Kier molecular flexibility index (Phi) is 4.22. The largest absolute Gasteiger partial charge is 0.319 e. The number of para-hydroxylation sites is 1. The first-order valence-corrected chi connectivity index (χ1v) is 7.90. The van der Waals surface area contributed by atoms with E-state index in [2.05, 4.69) is 4.99 Å². The summed E-state index contributed by atoms with van der Waals surface area (Å²) in [6, 6.07) is 15.3. The smallest absolute Gasteiger partial charge is 0.272 e. The van der Waals surface area contributed by atoms with Crippen molar-refractivity contribution >= 4 is 45.1 Å². The highest BCUT2D eigenvalue weighted by molar-refractivity contribution is 7.16. The number of benzene rings is 2. The van der Waals surface area contributed by atoms with Crippen LogP contribution in [-0.4, -0.2) is 10.5 Å². The molecule has 0 radical (unpaired) electrons. The number of nitrogens with zero attached hydrogens (tertiary/aromatic N) is 2. The number of carbonyl (C=O) groups excluding carboxylic acids is 1. The zero-order valence-corrected chi connectivity index (χ0v) is 13.4. The molecule has 0 aliphatic rings. The molecule has 1 amide bonds. The maximum Gasteiger partial charge on any atom is 0.272 e. The van der Waals surface area contributed by atoms with Gasteiger partial charge >= 0.3 is 0 Å². The first-order chi connectivity index (χ1) is 10.6. The van der Waals surface area contributed by atoms with Crippen molar-refractivity contribution in [2.75, 3.05) is 0 Å². The van der Waals surface area contributed by atoms with Crippen LogP contribution in [-0.2, 0) is 11.8 Å². The van der Waals surface area contributed by atoms with Gasteiger partial charge in [-0.05, 0) is 35.9 Å². The molecule has 2 aromatic carbocycles. The van der Waals surface area contributed by atoms with Crippen molar-refractivity contribution in [1.29, 1.82) is 0 Å². The Morgan fingerprint density at radius 3 is 2.82 bits per heavy atom. The van der Waals surface area contributed by atoms with Crippen LogP contribution in [0, 0.1) is 0 Å². The lowest BCUT2D eigenvalue weighted by molar-refractivity contribution is -0.113. The van der Waals surface area contributed by atoms with E-state index in [-0.39, 0.29) is 5.91 Å². The van der Waals surface area contributed by atoms with Gasteiger partial charge in [-0.25, -0.2) is 0 Å². The number of halogens is 1. The third-order valence-corrected chi connectivity index (χ3v) is 4.54. The van der Waals surface area contributed by atoms with E-state index in [4.69, 9.17) is 11.6 Å². The van der Waals surface area contributed by atoms with Crippen molar-refractivity contribution in [3.8, 4) is 0 Å². The van der Waals surface area contributed by atoms with Crippen LogP contribution in [0.1, 0.15) is 5.56 Å². The van der Waals surface area contributed by atoms with Crippen molar-refractivity contribution in [1.82, 2.24) is 4.57 Å². The fourth-order valence-corrected chi connectivity index (χ4v) is 3.32. The molecular weight excluding hydrogens is 316 g/mol. The molecule has 0 aliphatic heterocycles. The molecule has 0 unspecified atom stereocenters. The molecule has 5 heteroatoms. The summed E-state index contributed by atoms with van der Waals surface area (Å²) in [6.07, 6.45) is 3.17. The van der Waals surface area contributed by atoms with Gasteiger partial charge in [0.15, 0.2) is 4.80 Å². The second kappa shape index (κ2) is 6.30. The van der Waals surface area contributed by atoms with Crippen molar-refractivity contribution in [3.05, 3.63) is 70.0 Å². The van der Waals surface area contributed by atoms with Crippen molar-refractivity contribution < 1.29 is 4.79 Å². The molecular formula is C17H13ClN2OS. The summed E-state index contributed by atoms with van der Waals surface area (Å²) in [5.74, 6) is -0.290. The van der Waals surface area contributed by atoms with Crippen LogP contribution < -0.4 is 4.80 Å². The molecule has 0 N–H and O–H groups in total. The minimum atomic E-state index is -0.290. The number of thiazole rings is 1.